The number of rotatable bonds is 8. The van der Waals surface area contributed by atoms with Crippen LogP contribution in [-0.2, 0) is 0 Å². The van der Waals surface area contributed by atoms with Crippen LogP contribution < -0.4 is 10.1 Å². The maximum Gasteiger partial charge on any atom is 0.251 e. The van der Waals surface area contributed by atoms with E-state index in [0.29, 0.717) is 23.5 Å². The zero-order valence-corrected chi connectivity index (χ0v) is 13.2. The lowest BCUT2D eigenvalue weighted by molar-refractivity contribution is 0.0952. The number of halogens is 1. The number of ether oxygens (including phenoxy) is 1. The van der Waals surface area contributed by atoms with Crippen LogP contribution in [0.15, 0.2) is 24.3 Å². The van der Waals surface area contributed by atoms with E-state index >= 15 is 0 Å². The van der Waals surface area contributed by atoms with Gasteiger partial charge in [0.1, 0.15) is 5.75 Å². The normalized spacial score (nSPS) is 11.9. The van der Waals surface area contributed by atoms with Gasteiger partial charge in [-0.3, -0.25) is 4.79 Å². The van der Waals surface area contributed by atoms with Gasteiger partial charge >= 0.3 is 0 Å². The van der Waals surface area contributed by atoms with Crippen molar-refractivity contribution in [1.82, 2.24) is 5.32 Å². The van der Waals surface area contributed by atoms with E-state index in [0.717, 1.165) is 25.0 Å². The third kappa shape index (κ3) is 6.62. The van der Waals surface area contributed by atoms with E-state index in [9.17, 15) is 4.79 Å². The van der Waals surface area contributed by atoms with Gasteiger partial charge in [-0.25, -0.2) is 0 Å². The summed E-state index contributed by atoms with van der Waals surface area (Å²) >= 11 is 3.49. The van der Waals surface area contributed by atoms with Crippen molar-refractivity contribution in [3.63, 3.8) is 0 Å². The van der Waals surface area contributed by atoms with Crippen LogP contribution in [0.4, 0.5) is 0 Å². The van der Waals surface area contributed by atoms with Gasteiger partial charge in [-0.1, -0.05) is 35.8 Å². The van der Waals surface area contributed by atoms with Gasteiger partial charge in [-0.05, 0) is 37.5 Å². The Morgan fingerprint density at radius 2 is 2.26 bits per heavy atom. The number of carbonyl (C=O) groups is 1. The van der Waals surface area contributed by atoms with E-state index < -0.39 is 0 Å². The smallest absolute Gasteiger partial charge is 0.251 e. The molecule has 0 spiro atoms. The Morgan fingerprint density at radius 1 is 1.47 bits per heavy atom. The Balaban J connectivity index is 2.43. The first-order valence-corrected chi connectivity index (χ1v) is 7.70. The quantitative estimate of drug-likeness (QED) is 0.583. The third-order valence-corrected chi connectivity index (χ3v) is 3.09. The van der Waals surface area contributed by atoms with Gasteiger partial charge in [0, 0.05) is 16.9 Å². The molecular weight excluding hydrogens is 306 g/mol. The van der Waals surface area contributed by atoms with Crippen LogP contribution in [-0.4, -0.2) is 23.9 Å². The van der Waals surface area contributed by atoms with Crippen molar-refractivity contribution in [3.8, 4) is 5.75 Å². The molecule has 1 aromatic rings. The highest BCUT2D eigenvalue weighted by Gasteiger charge is 2.06. The van der Waals surface area contributed by atoms with Crippen LogP contribution in [0, 0.1) is 0 Å². The Hall–Kier alpha value is -1.03. The molecule has 0 bridgehead atoms. The highest BCUT2D eigenvalue weighted by molar-refractivity contribution is 9.09. The zero-order chi connectivity index (χ0) is 14.1. The molecule has 0 aliphatic rings. The van der Waals surface area contributed by atoms with E-state index in [2.05, 4.69) is 35.1 Å². The molecular formula is C15H22BrNO2. The number of amides is 1. The minimum Gasteiger partial charge on any atom is -0.494 e. The first-order chi connectivity index (χ1) is 9.13. The Labute approximate surface area is 123 Å². The van der Waals surface area contributed by atoms with Crippen LogP contribution in [0.3, 0.4) is 0 Å². The standard InChI is InChI=1S/C15H22BrNO2/c1-3-10-19-14-8-4-7-13(11-14)15(18)17-9-5-6-12(2)16/h4,7-8,11-12H,3,5-6,9-10H2,1-2H3,(H,17,18). The lowest BCUT2D eigenvalue weighted by Crippen LogP contribution is -2.24. The molecule has 19 heavy (non-hydrogen) atoms. The molecule has 106 valence electrons. The van der Waals surface area contributed by atoms with Crippen molar-refractivity contribution in [3.05, 3.63) is 29.8 Å². The number of nitrogens with one attached hydrogen (secondary N) is 1. The third-order valence-electron chi connectivity index (χ3n) is 2.63. The first-order valence-electron chi connectivity index (χ1n) is 6.78. The molecule has 0 aliphatic heterocycles. The predicted octanol–water partition coefficient (Wildman–Crippen LogP) is 3.77. The molecule has 0 saturated heterocycles. The number of hydrogen-bond donors (Lipinski definition) is 1. The molecule has 0 aromatic heterocycles. The van der Waals surface area contributed by atoms with Crippen LogP contribution in [0.25, 0.3) is 0 Å². The highest BCUT2D eigenvalue weighted by atomic mass is 79.9. The summed E-state index contributed by atoms with van der Waals surface area (Å²) in [6.07, 6.45) is 2.99. The topological polar surface area (TPSA) is 38.3 Å². The van der Waals surface area contributed by atoms with Gasteiger partial charge < -0.3 is 10.1 Å². The van der Waals surface area contributed by atoms with Gasteiger partial charge in [0.15, 0.2) is 0 Å². The predicted molar refractivity (Wildman–Crippen MR) is 82.2 cm³/mol. The fraction of sp³-hybridized carbons (Fsp3) is 0.533. The fourth-order valence-electron chi connectivity index (χ4n) is 1.63. The minimum atomic E-state index is -0.0378. The summed E-state index contributed by atoms with van der Waals surface area (Å²) in [4.78, 5) is 12.4. The van der Waals surface area contributed by atoms with Crippen molar-refractivity contribution in [2.24, 2.45) is 0 Å². The molecule has 3 nitrogen and oxygen atoms in total. The SMILES string of the molecule is CCCOc1cccc(C(=O)NCCCC(C)Br)c1. The molecule has 4 heteroatoms. The van der Waals surface area contributed by atoms with E-state index in [-0.39, 0.29) is 5.91 Å². The summed E-state index contributed by atoms with van der Waals surface area (Å²) in [5.74, 6) is 0.716. The van der Waals surface area contributed by atoms with Crippen LogP contribution in [0.1, 0.15) is 43.5 Å². The van der Waals surface area contributed by atoms with Gasteiger partial charge in [0.25, 0.3) is 5.91 Å². The average Bonchev–Trinajstić information content (AvgIpc) is 2.41. The van der Waals surface area contributed by atoms with Crippen molar-refractivity contribution in [1.29, 1.82) is 0 Å². The number of carbonyl (C=O) groups excluding carboxylic acids is 1. The second-order valence-corrected chi connectivity index (χ2v) is 6.12. The molecule has 0 radical (unpaired) electrons. The summed E-state index contributed by atoms with van der Waals surface area (Å²) in [6.45, 7) is 5.54. The van der Waals surface area contributed by atoms with Crippen molar-refractivity contribution in [2.45, 2.75) is 37.9 Å². The highest BCUT2D eigenvalue weighted by Crippen LogP contribution is 2.13. The van der Waals surface area contributed by atoms with Gasteiger partial charge in [0.2, 0.25) is 0 Å². The maximum absolute atomic E-state index is 11.9. The van der Waals surface area contributed by atoms with Crippen molar-refractivity contribution < 1.29 is 9.53 Å². The van der Waals surface area contributed by atoms with Crippen LogP contribution in [0.2, 0.25) is 0 Å². The van der Waals surface area contributed by atoms with Crippen LogP contribution >= 0.6 is 15.9 Å². The lowest BCUT2D eigenvalue weighted by atomic mass is 10.2. The summed E-state index contributed by atoms with van der Waals surface area (Å²) in [5.41, 5.74) is 0.653. The maximum atomic E-state index is 11.9. The molecule has 0 aliphatic carbocycles. The zero-order valence-electron chi connectivity index (χ0n) is 11.6. The minimum absolute atomic E-state index is 0.0378. The van der Waals surface area contributed by atoms with Crippen molar-refractivity contribution >= 4 is 21.8 Å². The summed E-state index contributed by atoms with van der Waals surface area (Å²) < 4.78 is 5.52. The fourth-order valence-corrected chi connectivity index (χ4v) is 1.96. The van der Waals surface area contributed by atoms with E-state index in [1.165, 1.54) is 0 Å². The molecule has 1 unspecified atom stereocenters. The molecule has 1 amide bonds. The molecule has 1 aromatic carbocycles. The number of alkyl halides is 1. The van der Waals surface area contributed by atoms with Crippen molar-refractivity contribution in [2.75, 3.05) is 13.2 Å². The van der Waals surface area contributed by atoms with Crippen LogP contribution in [0.5, 0.6) is 5.75 Å². The largest absolute Gasteiger partial charge is 0.494 e. The average molecular weight is 328 g/mol. The summed E-state index contributed by atoms with van der Waals surface area (Å²) in [7, 11) is 0. The van der Waals surface area contributed by atoms with Gasteiger partial charge in [0.05, 0.1) is 6.61 Å². The molecule has 1 rings (SSSR count). The molecule has 0 saturated carbocycles. The number of hydrogen-bond acceptors (Lipinski definition) is 2. The first kappa shape index (κ1) is 16.0. The second-order valence-electron chi connectivity index (χ2n) is 4.56. The Kier molecular flexibility index (Phi) is 7.56. The van der Waals surface area contributed by atoms with Gasteiger partial charge in [-0.15, -0.1) is 0 Å². The Bertz CT molecular complexity index is 393. The summed E-state index contributed by atoms with van der Waals surface area (Å²) in [5, 5.41) is 2.92. The second kappa shape index (κ2) is 8.97. The van der Waals surface area contributed by atoms with E-state index in [1.807, 2.05) is 12.1 Å². The van der Waals surface area contributed by atoms with E-state index in [1.54, 1.807) is 12.1 Å². The monoisotopic (exact) mass is 327 g/mol. The molecule has 0 heterocycles. The molecule has 0 fully saturated rings. The number of benzene rings is 1. The lowest BCUT2D eigenvalue weighted by Gasteiger charge is -2.08. The van der Waals surface area contributed by atoms with Gasteiger partial charge in [-0.2, -0.15) is 0 Å². The van der Waals surface area contributed by atoms with E-state index in [4.69, 9.17) is 4.74 Å². The summed E-state index contributed by atoms with van der Waals surface area (Å²) in [6, 6.07) is 7.32. The molecule has 1 atom stereocenters. The molecule has 1 N–H and O–H groups in total. The Morgan fingerprint density at radius 3 is 2.95 bits per heavy atom.